The van der Waals surface area contributed by atoms with Crippen LogP contribution in [0.4, 0.5) is 14.9 Å². The molecule has 0 radical (unpaired) electrons. The zero-order valence-electron chi connectivity index (χ0n) is 10.7. The van der Waals surface area contributed by atoms with Crippen LogP contribution in [0.15, 0.2) is 22.7 Å². The summed E-state index contributed by atoms with van der Waals surface area (Å²) in [6.07, 6.45) is 2.34. The monoisotopic (exact) mass is 343 g/mol. The van der Waals surface area contributed by atoms with Gasteiger partial charge in [0.25, 0.3) is 0 Å². The van der Waals surface area contributed by atoms with Gasteiger partial charge in [0.05, 0.1) is 5.69 Å². The van der Waals surface area contributed by atoms with Crippen molar-refractivity contribution in [2.24, 2.45) is 0 Å². The van der Waals surface area contributed by atoms with Crippen molar-refractivity contribution in [3.8, 4) is 0 Å². The lowest BCUT2D eigenvalue weighted by Gasteiger charge is -2.16. The summed E-state index contributed by atoms with van der Waals surface area (Å²) in [6, 6.07) is 3.17. The van der Waals surface area contributed by atoms with Gasteiger partial charge in [-0.1, -0.05) is 15.9 Å². The Morgan fingerprint density at radius 2 is 2.20 bits per heavy atom. The Hall–Kier alpha value is -1.63. The number of carbonyl (C=O) groups is 2. The first-order valence-electron chi connectivity index (χ1n) is 6.36. The molecule has 1 aromatic carbocycles. The van der Waals surface area contributed by atoms with E-state index in [4.69, 9.17) is 0 Å². The van der Waals surface area contributed by atoms with E-state index in [1.165, 1.54) is 12.1 Å². The summed E-state index contributed by atoms with van der Waals surface area (Å²) in [5.74, 6) is -0.742. The summed E-state index contributed by atoms with van der Waals surface area (Å²) in [5.41, 5.74) is 0.0692. The number of anilines is 1. The highest BCUT2D eigenvalue weighted by molar-refractivity contribution is 9.10. The Bertz CT molecular complexity index is 524. The van der Waals surface area contributed by atoms with Crippen molar-refractivity contribution in [3.05, 3.63) is 28.5 Å². The van der Waals surface area contributed by atoms with Crippen LogP contribution in [0, 0.1) is 5.82 Å². The summed E-state index contributed by atoms with van der Waals surface area (Å²) in [7, 11) is 0. The minimum Gasteiger partial charge on any atom is -0.354 e. The van der Waals surface area contributed by atoms with E-state index in [0.29, 0.717) is 17.4 Å². The van der Waals surface area contributed by atoms with Crippen LogP contribution in [0.25, 0.3) is 0 Å². The zero-order chi connectivity index (χ0) is 14.5. The molecule has 0 saturated carbocycles. The van der Waals surface area contributed by atoms with Gasteiger partial charge < -0.3 is 16.0 Å². The van der Waals surface area contributed by atoms with E-state index in [9.17, 15) is 14.0 Å². The van der Waals surface area contributed by atoms with Crippen molar-refractivity contribution in [2.75, 3.05) is 11.9 Å². The second-order valence-electron chi connectivity index (χ2n) is 4.56. The lowest BCUT2D eigenvalue weighted by Crippen LogP contribution is -2.47. The topological polar surface area (TPSA) is 70.2 Å². The maximum absolute atomic E-state index is 13.6. The Morgan fingerprint density at radius 1 is 1.40 bits per heavy atom. The van der Waals surface area contributed by atoms with E-state index in [1.807, 2.05) is 0 Å². The molecule has 1 aromatic rings. The van der Waals surface area contributed by atoms with Crippen LogP contribution in [0.1, 0.15) is 19.3 Å². The molecule has 5 nitrogen and oxygen atoms in total. The first kappa shape index (κ1) is 14.8. The molecule has 1 aliphatic heterocycles. The molecule has 7 heteroatoms. The standard InChI is InChI=1S/C13H15BrFN3O2/c14-8-4-5-10(9(15)7-8)17-13(20)18-11-3-1-2-6-16-12(11)19/h4-5,7,11H,1-3,6H2,(H,16,19)(H2,17,18,20)/t11-/m0/s1. The Labute approximate surface area is 124 Å². The van der Waals surface area contributed by atoms with Crippen LogP contribution < -0.4 is 16.0 Å². The molecule has 1 saturated heterocycles. The lowest BCUT2D eigenvalue weighted by atomic mass is 10.1. The van der Waals surface area contributed by atoms with Gasteiger partial charge in [-0.25, -0.2) is 9.18 Å². The van der Waals surface area contributed by atoms with Crippen molar-refractivity contribution in [1.29, 1.82) is 0 Å². The minimum absolute atomic E-state index is 0.0692. The molecule has 0 aromatic heterocycles. The molecule has 2 rings (SSSR count). The highest BCUT2D eigenvalue weighted by Gasteiger charge is 2.22. The molecule has 108 valence electrons. The van der Waals surface area contributed by atoms with E-state index in [2.05, 4.69) is 31.9 Å². The molecule has 0 bridgehead atoms. The van der Waals surface area contributed by atoms with Gasteiger partial charge in [-0.05, 0) is 37.5 Å². The molecule has 1 atom stereocenters. The summed E-state index contributed by atoms with van der Waals surface area (Å²) in [5, 5.41) is 7.68. The fraction of sp³-hybridized carbons (Fsp3) is 0.385. The predicted octanol–water partition coefficient (Wildman–Crippen LogP) is 2.38. The SMILES string of the molecule is O=C(Nc1ccc(Br)cc1F)N[C@H]1CCCCNC1=O. The van der Waals surface area contributed by atoms with Gasteiger partial charge in [0, 0.05) is 11.0 Å². The first-order chi connectivity index (χ1) is 9.56. The molecule has 20 heavy (non-hydrogen) atoms. The second kappa shape index (κ2) is 6.69. The summed E-state index contributed by atoms with van der Waals surface area (Å²) >= 11 is 3.14. The largest absolute Gasteiger partial charge is 0.354 e. The van der Waals surface area contributed by atoms with Gasteiger partial charge in [-0.2, -0.15) is 0 Å². The van der Waals surface area contributed by atoms with Crippen LogP contribution in [0.2, 0.25) is 0 Å². The average Bonchev–Trinajstić information content (AvgIpc) is 2.59. The summed E-state index contributed by atoms with van der Waals surface area (Å²) < 4.78 is 14.2. The van der Waals surface area contributed by atoms with Crippen LogP contribution in [0.5, 0.6) is 0 Å². The molecule has 0 unspecified atom stereocenters. The molecular weight excluding hydrogens is 329 g/mol. The van der Waals surface area contributed by atoms with Crippen molar-refractivity contribution in [2.45, 2.75) is 25.3 Å². The Kier molecular flexibility index (Phi) is 4.94. The first-order valence-corrected chi connectivity index (χ1v) is 7.16. The van der Waals surface area contributed by atoms with E-state index in [1.54, 1.807) is 6.07 Å². The smallest absolute Gasteiger partial charge is 0.319 e. The third-order valence-corrected chi connectivity index (χ3v) is 3.51. The highest BCUT2D eigenvalue weighted by Crippen LogP contribution is 2.19. The number of carbonyl (C=O) groups excluding carboxylic acids is 2. The van der Waals surface area contributed by atoms with Crippen LogP contribution in [-0.2, 0) is 4.79 Å². The minimum atomic E-state index is -0.590. The van der Waals surface area contributed by atoms with Crippen LogP contribution in [0.3, 0.4) is 0 Å². The molecule has 1 aliphatic rings. The van der Waals surface area contributed by atoms with Gasteiger partial charge >= 0.3 is 6.03 Å². The number of halogens is 2. The van der Waals surface area contributed by atoms with E-state index in [-0.39, 0.29) is 11.6 Å². The van der Waals surface area contributed by atoms with Crippen molar-refractivity contribution >= 4 is 33.6 Å². The quantitative estimate of drug-likeness (QED) is 0.771. The number of hydrogen-bond donors (Lipinski definition) is 3. The predicted molar refractivity (Wildman–Crippen MR) is 76.9 cm³/mol. The third-order valence-electron chi connectivity index (χ3n) is 3.02. The van der Waals surface area contributed by atoms with Crippen molar-refractivity contribution in [1.82, 2.24) is 10.6 Å². The summed E-state index contributed by atoms with van der Waals surface area (Å²) in [6.45, 7) is 0.625. The fourth-order valence-electron chi connectivity index (χ4n) is 1.98. The molecule has 1 heterocycles. The van der Waals surface area contributed by atoms with Gasteiger partial charge in [0.2, 0.25) is 5.91 Å². The molecule has 0 aliphatic carbocycles. The maximum Gasteiger partial charge on any atom is 0.319 e. The summed E-state index contributed by atoms with van der Waals surface area (Å²) in [4.78, 5) is 23.5. The maximum atomic E-state index is 13.6. The van der Waals surface area contributed by atoms with Gasteiger partial charge in [0.15, 0.2) is 0 Å². The van der Waals surface area contributed by atoms with Gasteiger partial charge in [-0.3, -0.25) is 4.79 Å². The van der Waals surface area contributed by atoms with E-state index in [0.717, 1.165) is 12.8 Å². The number of nitrogens with one attached hydrogen (secondary N) is 3. The normalized spacial score (nSPS) is 18.9. The third kappa shape index (κ3) is 3.93. The average molecular weight is 344 g/mol. The zero-order valence-corrected chi connectivity index (χ0v) is 12.3. The van der Waals surface area contributed by atoms with E-state index >= 15 is 0 Å². The molecule has 3 amide bonds. The van der Waals surface area contributed by atoms with Crippen molar-refractivity contribution in [3.63, 3.8) is 0 Å². The molecular formula is C13H15BrFN3O2. The fourth-order valence-corrected chi connectivity index (χ4v) is 2.32. The van der Waals surface area contributed by atoms with Gasteiger partial charge in [0.1, 0.15) is 11.9 Å². The molecule has 3 N–H and O–H groups in total. The van der Waals surface area contributed by atoms with Crippen LogP contribution in [-0.4, -0.2) is 24.5 Å². The Morgan fingerprint density at radius 3 is 2.95 bits per heavy atom. The number of benzene rings is 1. The number of urea groups is 1. The van der Waals surface area contributed by atoms with Gasteiger partial charge in [-0.15, -0.1) is 0 Å². The molecule has 1 fully saturated rings. The number of hydrogen-bond acceptors (Lipinski definition) is 2. The van der Waals surface area contributed by atoms with Crippen LogP contribution >= 0.6 is 15.9 Å². The van der Waals surface area contributed by atoms with E-state index < -0.39 is 17.9 Å². The lowest BCUT2D eigenvalue weighted by molar-refractivity contribution is -0.122. The number of rotatable bonds is 2. The highest BCUT2D eigenvalue weighted by atomic mass is 79.9. The number of amides is 3. The molecule has 0 spiro atoms. The van der Waals surface area contributed by atoms with Crippen molar-refractivity contribution < 1.29 is 14.0 Å². The Balaban J connectivity index is 1.96. The second-order valence-corrected chi connectivity index (χ2v) is 5.48.